The fraction of sp³-hybridized carbons (Fsp3) is 0.0833. The third-order valence-corrected chi connectivity index (χ3v) is 6.58. The first-order valence-corrected chi connectivity index (χ1v) is 12.0. The molecule has 0 bridgehead atoms. The first-order chi connectivity index (χ1) is 15.8. The summed E-state index contributed by atoms with van der Waals surface area (Å²) in [5.74, 6) is 1.09. The SMILES string of the molecule is Cc1ccc(Nc2nc(C)cc(Nc3ccc(NS(=O)(=O)c4ccccc4Cl)cc3)n2)cc1. The molecule has 0 unspecified atom stereocenters. The van der Waals surface area contributed by atoms with Gasteiger partial charge in [0.2, 0.25) is 5.95 Å². The van der Waals surface area contributed by atoms with E-state index in [4.69, 9.17) is 11.6 Å². The maximum absolute atomic E-state index is 12.6. The normalized spacial score (nSPS) is 11.1. The summed E-state index contributed by atoms with van der Waals surface area (Å²) in [5, 5.41) is 6.59. The van der Waals surface area contributed by atoms with Crippen molar-refractivity contribution in [3.8, 4) is 0 Å². The van der Waals surface area contributed by atoms with E-state index in [0.29, 0.717) is 17.5 Å². The predicted molar refractivity (Wildman–Crippen MR) is 133 cm³/mol. The lowest BCUT2D eigenvalue weighted by atomic mass is 10.2. The van der Waals surface area contributed by atoms with E-state index in [9.17, 15) is 8.42 Å². The van der Waals surface area contributed by atoms with Crippen LogP contribution in [-0.4, -0.2) is 18.4 Å². The maximum atomic E-state index is 12.6. The van der Waals surface area contributed by atoms with Crippen molar-refractivity contribution >= 4 is 50.5 Å². The van der Waals surface area contributed by atoms with Crippen LogP contribution in [0.15, 0.2) is 83.8 Å². The number of aromatic nitrogens is 2. The molecule has 0 aliphatic rings. The molecular weight excluding hydrogens is 458 g/mol. The number of anilines is 5. The second-order valence-electron chi connectivity index (χ2n) is 7.45. The summed E-state index contributed by atoms with van der Waals surface area (Å²) in [6.45, 7) is 3.92. The van der Waals surface area contributed by atoms with Crippen LogP contribution >= 0.6 is 11.6 Å². The summed E-state index contributed by atoms with van der Waals surface area (Å²) in [6.07, 6.45) is 0. The van der Waals surface area contributed by atoms with Gasteiger partial charge in [0.15, 0.2) is 0 Å². The van der Waals surface area contributed by atoms with Gasteiger partial charge in [0.1, 0.15) is 10.7 Å². The van der Waals surface area contributed by atoms with E-state index >= 15 is 0 Å². The lowest BCUT2D eigenvalue weighted by Gasteiger charge is -2.12. The molecule has 0 aliphatic heterocycles. The first-order valence-electron chi connectivity index (χ1n) is 10.1. The largest absolute Gasteiger partial charge is 0.340 e. The molecule has 0 amide bonds. The highest BCUT2D eigenvalue weighted by Crippen LogP contribution is 2.25. The quantitative estimate of drug-likeness (QED) is 0.299. The molecule has 0 saturated heterocycles. The zero-order chi connectivity index (χ0) is 23.4. The Morgan fingerprint density at radius 1 is 0.758 bits per heavy atom. The van der Waals surface area contributed by atoms with Gasteiger partial charge < -0.3 is 10.6 Å². The van der Waals surface area contributed by atoms with Crippen molar-refractivity contribution in [3.63, 3.8) is 0 Å². The number of nitrogens with one attached hydrogen (secondary N) is 3. The van der Waals surface area contributed by atoms with E-state index in [1.54, 1.807) is 36.4 Å². The van der Waals surface area contributed by atoms with Gasteiger partial charge in [-0.2, -0.15) is 4.98 Å². The Hall–Kier alpha value is -3.62. The molecule has 0 saturated carbocycles. The van der Waals surface area contributed by atoms with Crippen molar-refractivity contribution in [2.24, 2.45) is 0 Å². The van der Waals surface area contributed by atoms with Gasteiger partial charge in [0, 0.05) is 28.8 Å². The van der Waals surface area contributed by atoms with Crippen molar-refractivity contribution in [3.05, 3.63) is 95.1 Å². The van der Waals surface area contributed by atoms with Crippen LogP contribution in [0.25, 0.3) is 0 Å². The van der Waals surface area contributed by atoms with Crippen molar-refractivity contribution in [1.82, 2.24) is 9.97 Å². The van der Waals surface area contributed by atoms with Crippen LogP contribution in [0.2, 0.25) is 5.02 Å². The second-order valence-corrected chi connectivity index (χ2v) is 9.51. The van der Waals surface area contributed by atoms with Crippen molar-refractivity contribution in [2.75, 3.05) is 15.4 Å². The third-order valence-electron chi connectivity index (χ3n) is 4.70. The molecule has 0 atom stereocenters. The zero-order valence-corrected chi connectivity index (χ0v) is 19.6. The lowest BCUT2D eigenvalue weighted by molar-refractivity contribution is 0.601. The Bertz CT molecular complexity index is 1380. The van der Waals surface area contributed by atoms with Crippen molar-refractivity contribution in [1.29, 1.82) is 0 Å². The molecule has 1 heterocycles. The number of aryl methyl sites for hydroxylation is 2. The molecule has 0 radical (unpaired) electrons. The molecule has 33 heavy (non-hydrogen) atoms. The predicted octanol–water partition coefficient (Wildman–Crippen LogP) is 6.03. The molecule has 4 aromatic rings. The van der Waals surface area contributed by atoms with E-state index < -0.39 is 10.0 Å². The third kappa shape index (κ3) is 5.79. The highest BCUT2D eigenvalue weighted by molar-refractivity contribution is 7.92. The van der Waals surface area contributed by atoms with Crippen LogP contribution in [-0.2, 0) is 10.0 Å². The minimum atomic E-state index is -3.79. The molecule has 3 N–H and O–H groups in total. The Morgan fingerprint density at radius 3 is 2.06 bits per heavy atom. The molecule has 0 spiro atoms. The van der Waals surface area contributed by atoms with E-state index in [2.05, 4.69) is 25.3 Å². The van der Waals surface area contributed by atoms with Gasteiger partial charge in [-0.3, -0.25) is 4.72 Å². The van der Waals surface area contributed by atoms with Gasteiger partial charge in [0.25, 0.3) is 10.0 Å². The Labute approximate surface area is 197 Å². The summed E-state index contributed by atoms with van der Waals surface area (Å²) in [6, 6.07) is 22.9. The van der Waals surface area contributed by atoms with Crippen molar-refractivity contribution in [2.45, 2.75) is 18.7 Å². The summed E-state index contributed by atoms with van der Waals surface area (Å²) >= 11 is 6.03. The lowest BCUT2D eigenvalue weighted by Crippen LogP contribution is -2.13. The van der Waals surface area contributed by atoms with Crippen LogP contribution in [0.3, 0.4) is 0 Å². The average Bonchev–Trinajstić information content (AvgIpc) is 2.76. The molecule has 0 aliphatic carbocycles. The second kappa shape index (κ2) is 9.48. The Balaban J connectivity index is 1.47. The summed E-state index contributed by atoms with van der Waals surface area (Å²) in [7, 11) is -3.79. The number of halogens is 1. The molecule has 0 fully saturated rings. The standard InChI is InChI=1S/C24H22ClN5O2S/c1-16-7-9-19(10-8-16)28-24-26-17(2)15-23(29-24)27-18-11-13-20(14-12-18)30-33(31,32)22-6-4-3-5-21(22)25/h3-15,30H,1-2H3,(H2,26,27,28,29). The number of benzene rings is 3. The van der Waals surface area contributed by atoms with Gasteiger partial charge in [0.05, 0.1) is 5.02 Å². The smallest absolute Gasteiger partial charge is 0.263 e. The first kappa shape index (κ1) is 22.6. The molecule has 7 nitrogen and oxygen atoms in total. The Kier molecular flexibility index (Phi) is 6.48. The summed E-state index contributed by atoms with van der Waals surface area (Å²) in [4.78, 5) is 8.98. The number of hydrogen-bond donors (Lipinski definition) is 3. The van der Waals surface area contributed by atoms with E-state index in [1.165, 1.54) is 17.7 Å². The molecular formula is C24H22ClN5O2S. The molecule has 1 aromatic heterocycles. The summed E-state index contributed by atoms with van der Waals surface area (Å²) in [5.41, 5.74) is 4.03. The molecule has 4 rings (SSSR count). The minimum absolute atomic E-state index is 0.0268. The number of rotatable bonds is 7. The monoisotopic (exact) mass is 479 g/mol. The summed E-state index contributed by atoms with van der Waals surface area (Å²) < 4.78 is 27.8. The van der Waals surface area contributed by atoms with Crippen LogP contribution in [0.5, 0.6) is 0 Å². The highest BCUT2D eigenvalue weighted by atomic mass is 35.5. The number of nitrogens with zero attached hydrogens (tertiary/aromatic N) is 2. The molecule has 3 aromatic carbocycles. The van der Waals surface area contributed by atoms with E-state index in [-0.39, 0.29) is 9.92 Å². The van der Waals surface area contributed by atoms with Crippen LogP contribution in [0, 0.1) is 13.8 Å². The Morgan fingerprint density at radius 2 is 1.36 bits per heavy atom. The fourth-order valence-electron chi connectivity index (χ4n) is 3.10. The fourth-order valence-corrected chi connectivity index (χ4v) is 4.68. The van der Waals surface area contributed by atoms with Gasteiger partial charge in [-0.15, -0.1) is 0 Å². The number of hydrogen-bond acceptors (Lipinski definition) is 6. The minimum Gasteiger partial charge on any atom is -0.340 e. The topological polar surface area (TPSA) is 96.0 Å². The van der Waals surface area contributed by atoms with Gasteiger partial charge in [-0.05, 0) is 62.4 Å². The van der Waals surface area contributed by atoms with Gasteiger partial charge >= 0.3 is 0 Å². The number of sulfonamides is 1. The molecule has 168 valence electrons. The van der Waals surface area contributed by atoms with Gasteiger partial charge in [-0.25, -0.2) is 13.4 Å². The van der Waals surface area contributed by atoms with Crippen LogP contribution in [0.4, 0.5) is 28.8 Å². The van der Waals surface area contributed by atoms with Crippen LogP contribution < -0.4 is 15.4 Å². The van der Waals surface area contributed by atoms with E-state index in [1.807, 2.05) is 44.2 Å². The zero-order valence-electron chi connectivity index (χ0n) is 18.0. The highest BCUT2D eigenvalue weighted by Gasteiger charge is 2.17. The van der Waals surface area contributed by atoms with Crippen LogP contribution in [0.1, 0.15) is 11.3 Å². The average molecular weight is 480 g/mol. The maximum Gasteiger partial charge on any atom is 0.263 e. The van der Waals surface area contributed by atoms with E-state index in [0.717, 1.165) is 17.1 Å². The van der Waals surface area contributed by atoms with Gasteiger partial charge in [-0.1, -0.05) is 41.4 Å². The molecule has 9 heteroatoms. The van der Waals surface area contributed by atoms with Crippen molar-refractivity contribution < 1.29 is 8.42 Å².